The molecule has 7 nitrogen and oxygen atoms in total. The summed E-state index contributed by atoms with van der Waals surface area (Å²) in [5.41, 5.74) is 3.74. The van der Waals surface area contributed by atoms with Gasteiger partial charge in [-0.1, -0.05) is 42.0 Å². The molecule has 34 heavy (non-hydrogen) atoms. The van der Waals surface area contributed by atoms with Gasteiger partial charge >= 0.3 is 5.97 Å². The van der Waals surface area contributed by atoms with Gasteiger partial charge in [0.2, 0.25) is 5.91 Å². The summed E-state index contributed by atoms with van der Waals surface area (Å²) >= 11 is 0. The summed E-state index contributed by atoms with van der Waals surface area (Å²) in [4.78, 5) is 41.2. The molecule has 1 aliphatic heterocycles. The Labute approximate surface area is 201 Å². The van der Waals surface area contributed by atoms with E-state index in [2.05, 4.69) is 0 Å². The van der Waals surface area contributed by atoms with Crippen molar-refractivity contribution in [1.82, 2.24) is 4.90 Å². The van der Waals surface area contributed by atoms with Crippen LogP contribution < -0.4 is 4.90 Å². The Kier molecular flexibility index (Phi) is 9.22. The van der Waals surface area contributed by atoms with E-state index < -0.39 is 0 Å². The van der Waals surface area contributed by atoms with Crippen molar-refractivity contribution in [3.8, 4) is 0 Å². The van der Waals surface area contributed by atoms with Gasteiger partial charge in [-0.05, 0) is 49.9 Å². The van der Waals surface area contributed by atoms with Crippen LogP contribution >= 0.6 is 0 Å². The van der Waals surface area contributed by atoms with Gasteiger partial charge in [0.25, 0.3) is 5.91 Å². The van der Waals surface area contributed by atoms with E-state index in [1.54, 1.807) is 11.8 Å². The highest BCUT2D eigenvalue weighted by Gasteiger charge is 2.28. The SMILES string of the molecule is CCOC(=O)C1CCN(C(=O)Cc2cccc(N(Cc3ccc(C)cc3)C(=O)COC)c2)CC1. The van der Waals surface area contributed by atoms with Gasteiger partial charge in [0.05, 0.1) is 25.5 Å². The second kappa shape index (κ2) is 12.3. The zero-order valence-electron chi connectivity index (χ0n) is 20.3. The smallest absolute Gasteiger partial charge is 0.309 e. The highest BCUT2D eigenvalue weighted by Crippen LogP contribution is 2.22. The largest absolute Gasteiger partial charge is 0.466 e. The molecule has 0 N–H and O–H groups in total. The first-order valence-electron chi connectivity index (χ1n) is 11.8. The minimum Gasteiger partial charge on any atom is -0.466 e. The van der Waals surface area contributed by atoms with Crippen LogP contribution in [0.15, 0.2) is 48.5 Å². The Morgan fingerprint density at radius 2 is 1.74 bits per heavy atom. The fourth-order valence-corrected chi connectivity index (χ4v) is 4.15. The normalized spacial score (nSPS) is 14.0. The fraction of sp³-hybridized carbons (Fsp3) is 0.444. The number of esters is 1. The summed E-state index contributed by atoms with van der Waals surface area (Å²) in [5.74, 6) is -0.425. The second-order valence-corrected chi connectivity index (χ2v) is 8.65. The zero-order valence-corrected chi connectivity index (χ0v) is 20.3. The molecule has 2 aromatic carbocycles. The van der Waals surface area contributed by atoms with Crippen molar-refractivity contribution in [1.29, 1.82) is 0 Å². The van der Waals surface area contributed by atoms with Crippen molar-refractivity contribution in [2.24, 2.45) is 5.92 Å². The number of hydrogen-bond acceptors (Lipinski definition) is 5. The van der Waals surface area contributed by atoms with E-state index in [0.717, 1.165) is 22.4 Å². The van der Waals surface area contributed by atoms with Crippen LogP contribution in [0.5, 0.6) is 0 Å². The molecule has 0 atom stereocenters. The summed E-state index contributed by atoms with van der Waals surface area (Å²) in [6.07, 6.45) is 1.50. The van der Waals surface area contributed by atoms with Crippen LogP contribution in [0.1, 0.15) is 36.5 Å². The number of nitrogens with zero attached hydrogens (tertiary/aromatic N) is 2. The molecule has 0 unspecified atom stereocenters. The number of carbonyl (C=O) groups excluding carboxylic acids is 3. The number of aryl methyl sites for hydroxylation is 1. The maximum atomic E-state index is 12.9. The number of benzene rings is 2. The van der Waals surface area contributed by atoms with Crippen LogP contribution in [0.4, 0.5) is 5.69 Å². The van der Waals surface area contributed by atoms with Gasteiger partial charge in [-0.15, -0.1) is 0 Å². The van der Waals surface area contributed by atoms with Crippen LogP contribution in [-0.4, -0.2) is 56.1 Å². The molecule has 2 aromatic rings. The Morgan fingerprint density at radius 1 is 1.03 bits per heavy atom. The summed E-state index contributed by atoms with van der Waals surface area (Å²) in [7, 11) is 1.50. The summed E-state index contributed by atoms with van der Waals surface area (Å²) < 4.78 is 10.2. The Balaban J connectivity index is 1.68. The van der Waals surface area contributed by atoms with Crippen molar-refractivity contribution < 1.29 is 23.9 Å². The van der Waals surface area contributed by atoms with E-state index in [1.165, 1.54) is 7.11 Å². The quantitative estimate of drug-likeness (QED) is 0.529. The zero-order chi connectivity index (χ0) is 24.5. The predicted molar refractivity (Wildman–Crippen MR) is 130 cm³/mol. The van der Waals surface area contributed by atoms with E-state index in [0.29, 0.717) is 39.1 Å². The summed E-state index contributed by atoms with van der Waals surface area (Å²) in [6.45, 7) is 5.70. The van der Waals surface area contributed by atoms with Gasteiger partial charge in [0, 0.05) is 25.9 Å². The van der Waals surface area contributed by atoms with Crippen molar-refractivity contribution in [3.05, 3.63) is 65.2 Å². The number of methoxy groups -OCH3 is 1. The molecule has 2 amide bonds. The first-order valence-corrected chi connectivity index (χ1v) is 11.8. The van der Waals surface area contributed by atoms with Crippen molar-refractivity contribution in [2.75, 3.05) is 38.3 Å². The van der Waals surface area contributed by atoms with Crippen LogP contribution in [0.25, 0.3) is 0 Å². The third kappa shape index (κ3) is 6.90. The van der Waals surface area contributed by atoms with E-state index >= 15 is 0 Å². The molecule has 0 aromatic heterocycles. The summed E-state index contributed by atoms with van der Waals surface area (Å²) in [5, 5.41) is 0. The number of piperidine rings is 1. The molecule has 7 heteroatoms. The first-order chi connectivity index (χ1) is 16.4. The minimum absolute atomic E-state index is 0.0211. The number of carbonyl (C=O) groups is 3. The maximum Gasteiger partial charge on any atom is 0.309 e. The molecule has 1 aliphatic rings. The maximum absolute atomic E-state index is 12.9. The van der Waals surface area contributed by atoms with E-state index in [1.807, 2.05) is 60.4 Å². The number of hydrogen-bond donors (Lipinski definition) is 0. The number of amides is 2. The van der Waals surface area contributed by atoms with Gasteiger partial charge < -0.3 is 19.3 Å². The fourth-order valence-electron chi connectivity index (χ4n) is 4.15. The topological polar surface area (TPSA) is 76.2 Å². The number of likely N-dealkylation sites (tertiary alicyclic amines) is 1. The molecule has 1 heterocycles. The Bertz CT molecular complexity index is 981. The molecular weight excluding hydrogens is 432 g/mol. The lowest BCUT2D eigenvalue weighted by Crippen LogP contribution is -2.41. The van der Waals surface area contributed by atoms with Crippen molar-refractivity contribution >= 4 is 23.5 Å². The third-order valence-corrected chi connectivity index (χ3v) is 6.08. The molecule has 1 fully saturated rings. The van der Waals surface area contributed by atoms with Crippen molar-refractivity contribution in [3.63, 3.8) is 0 Å². The number of ether oxygens (including phenoxy) is 2. The average Bonchev–Trinajstić information content (AvgIpc) is 2.84. The molecule has 3 rings (SSSR count). The van der Waals surface area contributed by atoms with Gasteiger partial charge in [0.15, 0.2) is 0 Å². The molecule has 0 bridgehead atoms. The number of anilines is 1. The van der Waals surface area contributed by atoms with Gasteiger partial charge in [-0.3, -0.25) is 14.4 Å². The molecule has 0 spiro atoms. The standard InChI is InChI=1S/C27H34N2O5/c1-4-34-27(32)23-12-14-28(15-13-23)25(30)17-22-6-5-7-24(16-22)29(26(31)19-33-3)18-21-10-8-20(2)9-11-21/h5-11,16,23H,4,12-15,17-19H2,1-3H3. The van der Waals surface area contributed by atoms with Gasteiger partial charge in [-0.2, -0.15) is 0 Å². The molecule has 0 radical (unpaired) electrons. The second-order valence-electron chi connectivity index (χ2n) is 8.65. The number of rotatable bonds is 9. The lowest BCUT2D eigenvalue weighted by molar-refractivity contribution is -0.151. The Morgan fingerprint density at radius 3 is 2.38 bits per heavy atom. The van der Waals surface area contributed by atoms with E-state index in [-0.39, 0.29) is 36.7 Å². The molecule has 0 saturated carbocycles. The third-order valence-electron chi connectivity index (χ3n) is 6.08. The van der Waals surface area contributed by atoms with Gasteiger partial charge in [0.1, 0.15) is 6.61 Å². The highest BCUT2D eigenvalue weighted by atomic mass is 16.5. The summed E-state index contributed by atoms with van der Waals surface area (Å²) in [6, 6.07) is 15.6. The average molecular weight is 467 g/mol. The van der Waals surface area contributed by atoms with E-state index in [9.17, 15) is 14.4 Å². The van der Waals surface area contributed by atoms with E-state index in [4.69, 9.17) is 9.47 Å². The molecule has 0 aliphatic carbocycles. The predicted octanol–water partition coefficient (Wildman–Crippen LogP) is 3.52. The lowest BCUT2D eigenvalue weighted by Gasteiger charge is -2.31. The highest BCUT2D eigenvalue weighted by molar-refractivity contribution is 5.94. The van der Waals surface area contributed by atoms with Crippen LogP contribution in [0, 0.1) is 12.8 Å². The minimum atomic E-state index is -0.170. The van der Waals surface area contributed by atoms with Crippen LogP contribution in [0.2, 0.25) is 0 Å². The molecule has 182 valence electrons. The van der Waals surface area contributed by atoms with Crippen molar-refractivity contribution in [2.45, 2.75) is 39.7 Å². The molecular formula is C27H34N2O5. The lowest BCUT2D eigenvalue weighted by atomic mass is 9.96. The van der Waals surface area contributed by atoms with Crippen LogP contribution in [0.3, 0.4) is 0 Å². The first kappa shape index (κ1) is 25.4. The monoisotopic (exact) mass is 466 g/mol. The molecule has 1 saturated heterocycles. The van der Waals surface area contributed by atoms with Gasteiger partial charge in [-0.25, -0.2) is 0 Å². The Hall–Kier alpha value is -3.19. The van der Waals surface area contributed by atoms with Crippen LogP contribution in [-0.2, 0) is 36.8 Å².